The van der Waals surface area contributed by atoms with Crippen LogP contribution in [0.4, 0.5) is 0 Å². The minimum atomic E-state index is 0. The van der Waals surface area contributed by atoms with Crippen molar-refractivity contribution in [2.75, 3.05) is 18.0 Å². The Balaban J connectivity index is 0. The van der Waals surface area contributed by atoms with E-state index in [4.69, 9.17) is 0 Å². The van der Waals surface area contributed by atoms with E-state index in [1.54, 1.807) is 0 Å². The molecule has 0 spiro atoms. The first-order chi connectivity index (χ1) is 3.41. The van der Waals surface area contributed by atoms with Gasteiger partial charge in [0.05, 0.1) is 0 Å². The van der Waals surface area contributed by atoms with Gasteiger partial charge in [0.2, 0.25) is 0 Å². The average molecular weight is 341 g/mol. The van der Waals surface area contributed by atoms with Gasteiger partial charge in [-0.15, -0.1) is 24.0 Å². The van der Waals surface area contributed by atoms with E-state index < -0.39 is 0 Å². The van der Waals surface area contributed by atoms with Crippen molar-refractivity contribution >= 4 is 46.6 Å². The summed E-state index contributed by atoms with van der Waals surface area (Å²) in [5, 5.41) is 3.10. The van der Waals surface area contributed by atoms with Crippen molar-refractivity contribution in [3.63, 3.8) is 0 Å². The van der Waals surface area contributed by atoms with Crippen molar-refractivity contribution in [1.82, 2.24) is 5.32 Å². The van der Waals surface area contributed by atoms with Gasteiger partial charge in [0.1, 0.15) is 0 Å². The molecule has 0 aromatic carbocycles. The molecule has 0 fully saturated rings. The van der Waals surface area contributed by atoms with Gasteiger partial charge in [-0.1, -0.05) is 22.6 Å². The molecule has 0 unspecified atom stereocenters. The lowest BCUT2D eigenvalue weighted by Crippen LogP contribution is -2.06. The first-order valence-corrected chi connectivity index (χ1v) is 4.15. The molecule has 3 heteroatoms. The molecule has 0 aromatic rings. The highest BCUT2D eigenvalue weighted by Gasteiger charge is 1.79. The zero-order valence-corrected chi connectivity index (χ0v) is 9.60. The molecule has 8 heavy (non-hydrogen) atoms. The molecule has 52 valence electrons. The van der Waals surface area contributed by atoms with Gasteiger partial charge in [-0.25, -0.2) is 0 Å². The Hall–Kier alpha value is 1.42. The van der Waals surface area contributed by atoms with Crippen molar-refractivity contribution in [2.24, 2.45) is 0 Å². The Morgan fingerprint density at radius 2 is 2.00 bits per heavy atom. The Morgan fingerprint density at radius 3 is 2.38 bits per heavy atom. The molecule has 0 saturated heterocycles. The van der Waals surface area contributed by atoms with Crippen LogP contribution in [0, 0.1) is 0 Å². The van der Waals surface area contributed by atoms with Crippen molar-refractivity contribution in [3.05, 3.63) is 0 Å². The maximum Gasteiger partial charge on any atom is -0.000426 e. The first-order valence-electron chi connectivity index (χ1n) is 2.62. The molecule has 0 aromatic heterocycles. The lowest BCUT2D eigenvalue weighted by molar-refractivity contribution is 0.718. The number of nitrogens with one attached hydrogen (secondary N) is 1. The molecule has 0 amide bonds. The maximum atomic E-state index is 3.10. The standard InChI is InChI=1S/C5H12IN.HI/c1-7-5-3-2-4-6;/h7H,2-5H2,1H3;1H. The molecular formula is C5H13I2N. The molecule has 0 heterocycles. The van der Waals surface area contributed by atoms with Crippen molar-refractivity contribution < 1.29 is 0 Å². The molecule has 1 N–H and O–H groups in total. The molecule has 0 rings (SSSR count). The molecular weight excluding hydrogens is 328 g/mol. The SMILES string of the molecule is CNCCCCI.I. The van der Waals surface area contributed by atoms with E-state index in [2.05, 4.69) is 27.9 Å². The zero-order valence-electron chi connectivity index (χ0n) is 5.11. The van der Waals surface area contributed by atoms with Crippen molar-refractivity contribution in [1.29, 1.82) is 0 Å². The number of unbranched alkanes of at least 4 members (excludes halogenated alkanes) is 1. The third-order valence-corrected chi connectivity index (χ3v) is 1.57. The number of rotatable bonds is 4. The van der Waals surface area contributed by atoms with E-state index in [-0.39, 0.29) is 24.0 Å². The van der Waals surface area contributed by atoms with E-state index in [0.29, 0.717) is 0 Å². The van der Waals surface area contributed by atoms with E-state index in [9.17, 15) is 0 Å². The second-order valence-corrected chi connectivity index (χ2v) is 2.58. The van der Waals surface area contributed by atoms with Gasteiger partial charge in [-0.3, -0.25) is 0 Å². The lowest BCUT2D eigenvalue weighted by Gasteiger charge is -1.92. The number of halogens is 2. The van der Waals surface area contributed by atoms with Crippen molar-refractivity contribution in [3.8, 4) is 0 Å². The predicted molar refractivity (Wildman–Crippen MR) is 57.5 cm³/mol. The summed E-state index contributed by atoms with van der Waals surface area (Å²) >= 11 is 2.40. The van der Waals surface area contributed by atoms with Crippen LogP contribution >= 0.6 is 46.6 Å². The van der Waals surface area contributed by atoms with Crippen LogP contribution in [0.1, 0.15) is 12.8 Å². The highest BCUT2D eigenvalue weighted by molar-refractivity contribution is 14.1. The largest absolute Gasteiger partial charge is 0.320 e. The molecule has 0 saturated carbocycles. The van der Waals surface area contributed by atoms with Crippen LogP contribution in [0.2, 0.25) is 0 Å². The smallest absolute Gasteiger partial charge is 0.000426 e. The minimum absolute atomic E-state index is 0. The van der Waals surface area contributed by atoms with Crippen LogP contribution in [-0.2, 0) is 0 Å². The summed E-state index contributed by atoms with van der Waals surface area (Å²) in [6.45, 7) is 1.17. The predicted octanol–water partition coefficient (Wildman–Crippen LogP) is 2.04. The lowest BCUT2D eigenvalue weighted by atomic mass is 10.3. The fourth-order valence-corrected chi connectivity index (χ4v) is 0.936. The fraction of sp³-hybridized carbons (Fsp3) is 1.00. The Labute approximate surface area is 82.2 Å². The summed E-state index contributed by atoms with van der Waals surface area (Å²) in [5.41, 5.74) is 0. The molecule has 0 radical (unpaired) electrons. The molecule has 1 nitrogen and oxygen atoms in total. The summed E-state index contributed by atoms with van der Waals surface area (Å²) in [5.74, 6) is 0. The van der Waals surface area contributed by atoms with Gasteiger partial charge >= 0.3 is 0 Å². The summed E-state index contributed by atoms with van der Waals surface area (Å²) in [4.78, 5) is 0. The Bertz CT molecular complexity index is 29.6. The normalized spacial score (nSPS) is 8.25. The molecule has 0 aliphatic carbocycles. The molecule has 0 atom stereocenters. The molecule has 0 aliphatic rings. The third-order valence-electron chi connectivity index (χ3n) is 0.810. The van der Waals surface area contributed by atoms with Crippen LogP contribution < -0.4 is 5.32 Å². The van der Waals surface area contributed by atoms with Gasteiger partial charge in [0.15, 0.2) is 0 Å². The quantitative estimate of drug-likeness (QED) is 0.469. The highest BCUT2D eigenvalue weighted by atomic mass is 127. The van der Waals surface area contributed by atoms with Gasteiger partial charge in [0, 0.05) is 0 Å². The number of hydrogen-bond acceptors (Lipinski definition) is 1. The summed E-state index contributed by atoms with van der Waals surface area (Å²) in [6, 6.07) is 0. The van der Waals surface area contributed by atoms with Crippen LogP contribution in [0.5, 0.6) is 0 Å². The summed E-state index contributed by atoms with van der Waals surface area (Å²) in [7, 11) is 1.99. The Kier molecular flexibility index (Phi) is 17.1. The van der Waals surface area contributed by atoms with Gasteiger partial charge < -0.3 is 5.32 Å². The van der Waals surface area contributed by atoms with Crippen molar-refractivity contribution in [2.45, 2.75) is 12.8 Å². The van der Waals surface area contributed by atoms with Crippen LogP contribution in [0.3, 0.4) is 0 Å². The maximum absolute atomic E-state index is 3.10. The number of alkyl halides is 1. The van der Waals surface area contributed by atoms with E-state index >= 15 is 0 Å². The second kappa shape index (κ2) is 11.2. The van der Waals surface area contributed by atoms with Crippen LogP contribution in [0.25, 0.3) is 0 Å². The summed E-state index contributed by atoms with van der Waals surface area (Å²) < 4.78 is 1.29. The van der Waals surface area contributed by atoms with Gasteiger partial charge in [-0.2, -0.15) is 0 Å². The van der Waals surface area contributed by atoms with E-state index in [1.807, 2.05) is 7.05 Å². The van der Waals surface area contributed by atoms with Crippen LogP contribution in [0.15, 0.2) is 0 Å². The topological polar surface area (TPSA) is 12.0 Å². The highest BCUT2D eigenvalue weighted by Crippen LogP contribution is 1.91. The first kappa shape index (κ1) is 12.1. The number of hydrogen-bond donors (Lipinski definition) is 1. The fourth-order valence-electron chi connectivity index (χ4n) is 0.396. The average Bonchev–Trinajstić information content (AvgIpc) is 1.69. The summed E-state index contributed by atoms with van der Waals surface area (Å²) in [6.07, 6.45) is 2.67. The van der Waals surface area contributed by atoms with Gasteiger partial charge in [0.25, 0.3) is 0 Å². The third kappa shape index (κ3) is 10.4. The van der Waals surface area contributed by atoms with E-state index in [1.165, 1.54) is 23.8 Å². The zero-order chi connectivity index (χ0) is 5.54. The monoisotopic (exact) mass is 341 g/mol. The Morgan fingerprint density at radius 1 is 1.38 bits per heavy atom. The second-order valence-electron chi connectivity index (χ2n) is 1.50. The van der Waals surface area contributed by atoms with Crippen LogP contribution in [-0.4, -0.2) is 18.0 Å². The van der Waals surface area contributed by atoms with E-state index in [0.717, 1.165) is 0 Å². The molecule has 0 bridgehead atoms. The molecule has 0 aliphatic heterocycles. The minimum Gasteiger partial charge on any atom is -0.320 e. The van der Waals surface area contributed by atoms with Gasteiger partial charge in [-0.05, 0) is 30.9 Å².